The second kappa shape index (κ2) is 8.95. The van der Waals surface area contributed by atoms with Gasteiger partial charge in [0.05, 0.1) is 5.69 Å². The number of thiazole rings is 1. The smallest absolute Gasteiger partial charge is 0.192 e. The Morgan fingerprint density at radius 3 is 2.69 bits per heavy atom. The molecule has 2 heterocycles. The number of thioether (sulfide) groups is 1. The quantitative estimate of drug-likeness (QED) is 0.243. The summed E-state index contributed by atoms with van der Waals surface area (Å²) < 4.78 is 2.07. The second-order valence-electron chi connectivity index (χ2n) is 6.46. The first-order valence-corrected chi connectivity index (χ1v) is 11.3. The number of allylic oxidation sites excluding steroid dienone is 1. The van der Waals surface area contributed by atoms with Gasteiger partial charge < -0.3 is 0 Å². The molecule has 0 aliphatic rings. The van der Waals surface area contributed by atoms with E-state index in [2.05, 4.69) is 45.8 Å². The zero-order valence-electron chi connectivity index (χ0n) is 15.9. The molecule has 0 unspecified atom stereocenters. The number of benzene rings is 2. The monoisotopic (exact) mass is 438 g/mol. The van der Waals surface area contributed by atoms with Gasteiger partial charge in [-0.05, 0) is 36.8 Å². The van der Waals surface area contributed by atoms with Gasteiger partial charge in [0.2, 0.25) is 0 Å². The number of rotatable bonds is 7. The van der Waals surface area contributed by atoms with Crippen molar-refractivity contribution in [3.8, 4) is 22.0 Å². The fraction of sp³-hybridized carbons (Fsp3) is 0.136. The van der Waals surface area contributed by atoms with Gasteiger partial charge >= 0.3 is 0 Å². The fourth-order valence-electron chi connectivity index (χ4n) is 2.95. The van der Waals surface area contributed by atoms with E-state index >= 15 is 0 Å². The van der Waals surface area contributed by atoms with Crippen molar-refractivity contribution in [2.24, 2.45) is 0 Å². The third-order valence-electron chi connectivity index (χ3n) is 4.41. The normalized spacial score (nSPS) is 11.0. The lowest BCUT2D eigenvalue weighted by Gasteiger charge is -2.07. The average molecular weight is 439 g/mol. The summed E-state index contributed by atoms with van der Waals surface area (Å²) in [6, 6.07) is 16.0. The van der Waals surface area contributed by atoms with Gasteiger partial charge in [0, 0.05) is 33.8 Å². The first-order valence-electron chi connectivity index (χ1n) is 9.09. The molecule has 29 heavy (non-hydrogen) atoms. The van der Waals surface area contributed by atoms with E-state index in [1.165, 1.54) is 11.1 Å². The van der Waals surface area contributed by atoms with E-state index in [0.29, 0.717) is 11.6 Å². The maximum Gasteiger partial charge on any atom is 0.192 e. The predicted molar refractivity (Wildman–Crippen MR) is 123 cm³/mol. The van der Waals surface area contributed by atoms with Crippen LogP contribution in [-0.2, 0) is 12.3 Å². The minimum Gasteiger partial charge on any atom is -0.298 e. The molecule has 0 spiro atoms. The summed E-state index contributed by atoms with van der Waals surface area (Å²) in [6.07, 6.45) is 1.85. The predicted octanol–water partition coefficient (Wildman–Crippen LogP) is 6.51. The number of aromatic nitrogens is 4. The summed E-state index contributed by atoms with van der Waals surface area (Å²) in [6.45, 7) is 6.62. The van der Waals surface area contributed by atoms with Crippen LogP contribution in [0.3, 0.4) is 0 Å². The van der Waals surface area contributed by atoms with Crippen molar-refractivity contribution >= 4 is 34.7 Å². The lowest BCUT2D eigenvalue weighted by Crippen LogP contribution is -2.00. The molecule has 0 radical (unpaired) electrons. The fourth-order valence-corrected chi connectivity index (χ4v) is 4.93. The van der Waals surface area contributed by atoms with E-state index in [0.717, 1.165) is 33.0 Å². The van der Waals surface area contributed by atoms with Crippen molar-refractivity contribution in [2.45, 2.75) is 24.4 Å². The van der Waals surface area contributed by atoms with E-state index in [9.17, 15) is 0 Å². The summed E-state index contributed by atoms with van der Waals surface area (Å²) in [7, 11) is 0. The molecule has 7 heteroatoms. The van der Waals surface area contributed by atoms with E-state index in [4.69, 9.17) is 16.6 Å². The molecule has 0 saturated heterocycles. The van der Waals surface area contributed by atoms with Crippen LogP contribution in [-0.4, -0.2) is 19.7 Å². The van der Waals surface area contributed by atoms with Gasteiger partial charge in [-0.15, -0.1) is 28.1 Å². The average Bonchev–Trinajstić information content (AvgIpc) is 3.35. The molecule has 2 aromatic heterocycles. The van der Waals surface area contributed by atoms with Gasteiger partial charge in [-0.1, -0.05) is 53.7 Å². The molecule has 4 aromatic rings. The molecule has 0 fully saturated rings. The van der Waals surface area contributed by atoms with Gasteiger partial charge in [0.15, 0.2) is 11.0 Å². The third kappa shape index (κ3) is 4.45. The van der Waals surface area contributed by atoms with Crippen molar-refractivity contribution in [3.63, 3.8) is 0 Å². The molecule has 2 aromatic carbocycles. The van der Waals surface area contributed by atoms with Gasteiger partial charge in [-0.3, -0.25) is 4.57 Å². The Hall–Kier alpha value is -2.41. The highest BCUT2D eigenvalue weighted by Gasteiger charge is 2.15. The molecule has 0 saturated carbocycles. The van der Waals surface area contributed by atoms with Crippen molar-refractivity contribution in [1.82, 2.24) is 19.7 Å². The summed E-state index contributed by atoms with van der Waals surface area (Å²) in [5, 5.41) is 13.5. The number of hydrogen-bond acceptors (Lipinski definition) is 5. The third-order valence-corrected chi connectivity index (χ3v) is 6.58. The molecule has 0 amide bonds. The lowest BCUT2D eigenvalue weighted by atomic mass is 10.1. The van der Waals surface area contributed by atoms with E-state index in [1.54, 1.807) is 23.1 Å². The van der Waals surface area contributed by atoms with Crippen molar-refractivity contribution in [3.05, 3.63) is 82.8 Å². The molecule has 4 rings (SSSR count). The Morgan fingerprint density at radius 1 is 1.14 bits per heavy atom. The maximum absolute atomic E-state index is 6.01. The first kappa shape index (κ1) is 19.9. The zero-order chi connectivity index (χ0) is 20.2. The van der Waals surface area contributed by atoms with Gasteiger partial charge in [0.25, 0.3) is 0 Å². The van der Waals surface area contributed by atoms with Crippen LogP contribution < -0.4 is 0 Å². The summed E-state index contributed by atoms with van der Waals surface area (Å²) >= 11 is 9.31. The largest absolute Gasteiger partial charge is 0.298 e. The minimum atomic E-state index is 0.638. The highest BCUT2D eigenvalue weighted by Crippen LogP contribution is 2.30. The van der Waals surface area contributed by atoms with Crippen LogP contribution in [0, 0.1) is 6.92 Å². The number of nitrogens with zero attached hydrogens (tertiary/aromatic N) is 4. The number of aryl methyl sites for hydroxylation is 1. The van der Waals surface area contributed by atoms with Crippen molar-refractivity contribution < 1.29 is 0 Å². The molecule has 0 bridgehead atoms. The van der Waals surface area contributed by atoms with Crippen LogP contribution in [0.25, 0.3) is 22.0 Å². The van der Waals surface area contributed by atoms with Crippen LogP contribution >= 0.6 is 34.7 Å². The first-order chi connectivity index (χ1) is 14.2. The molecule has 0 aliphatic heterocycles. The molecule has 0 atom stereocenters. The van der Waals surface area contributed by atoms with Crippen LogP contribution in [0.15, 0.2) is 71.7 Å². The van der Waals surface area contributed by atoms with Crippen LogP contribution in [0.5, 0.6) is 0 Å². The van der Waals surface area contributed by atoms with E-state index < -0.39 is 0 Å². The Morgan fingerprint density at radius 2 is 1.93 bits per heavy atom. The molecular formula is C22H19ClN4S2. The number of halogens is 1. The Balaban J connectivity index is 1.54. The van der Waals surface area contributed by atoms with Gasteiger partial charge in [0.1, 0.15) is 5.01 Å². The highest BCUT2D eigenvalue weighted by atomic mass is 35.5. The standard InChI is InChI=1S/C22H19ClN4S2/c1-3-12-27-20(16-8-10-17(23)11-9-16)25-26-22(27)29-14-18-13-28-21(24-18)19-7-5-4-6-15(19)2/h3-11,13H,1,12,14H2,2H3. The molecule has 146 valence electrons. The summed E-state index contributed by atoms with van der Waals surface area (Å²) in [5.74, 6) is 1.54. The van der Waals surface area contributed by atoms with Crippen LogP contribution in [0.4, 0.5) is 0 Å². The minimum absolute atomic E-state index is 0.638. The highest BCUT2D eigenvalue weighted by molar-refractivity contribution is 7.98. The number of hydrogen-bond donors (Lipinski definition) is 0. The van der Waals surface area contributed by atoms with E-state index in [1.807, 2.05) is 42.5 Å². The van der Waals surface area contributed by atoms with Gasteiger partial charge in [-0.2, -0.15) is 0 Å². The maximum atomic E-state index is 6.01. The molecule has 0 aliphatic carbocycles. The molecular weight excluding hydrogens is 420 g/mol. The molecule has 4 nitrogen and oxygen atoms in total. The van der Waals surface area contributed by atoms with Crippen molar-refractivity contribution in [2.75, 3.05) is 0 Å². The summed E-state index contributed by atoms with van der Waals surface area (Å²) in [4.78, 5) is 4.81. The second-order valence-corrected chi connectivity index (χ2v) is 8.70. The van der Waals surface area contributed by atoms with Crippen molar-refractivity contribution in [1.29, 1.82) is 0 Å². The Bertz CT molecular complexity index is 1130. The van der Waals surface area contributed by atoms with Crippen LogP contribution in [0.1, 0.15) is 11.3 Å². The van der Waals surface area contributed by atoms with Gasteiger partial charge in [-0.25, -0.2) is 4.98 Å². The topological polar surface area (TPSA) is 43.6 Å². The summed E-state index contributed by atoms with van der Waals surface area (Å²) in [5.41, 5.74) is 4.44. The van der Waals surface area contributed by atoms with E-state index in [-0.39, 0.29) is 0 Å². The Labute approximate surface area is 183 Å². The Kier molecular flexibility index (Phi) is 6.13. The molecule has 0 N–H and O–H groups in total. The lowest BCUT2D eigenvalue weighted by molar-refractivity contribution is 0.731. The van der Waals surface area contributed by atoms with Crippen LogP contribution in [0.2, 0.25) is 5.02 Å². The zero-order valence-corrected chi connectivity index (χ0v) is 18.3. The SMILES string of the molecule is C=CCn1c(SCc2csc(-c3ccccc3C)n2)nnc1-c1ccc(Cl)cc1.